The van der Waals surface area contributed by atoms with Crippen molar-refractivity contribution in [2.24, 2.45) is 0 Å². The van der Waals surface area contributed by atoms with Crippen LogP contribution in [0.3, 0.4) is 0 Å². The molecule has 0 saturated heterocycles. The molecule has 0 fully saturated rings. The lowest BCUT2D eigenvalue weighted by atomic mass is 10.0. The zero-order chi connectivity index (χ0) is 16.5. The molecule has 0 spiro atoms. The van der Waals surface area contributed by atoms with Gasteiger partial charge < -0.3 is 14.2 Å². The van der Waals surface area contributed by atoms with E-state index in [0.717, 1.165) is 0 Å². The van der Waals surface area contributed by atoms with Gasteiger partial charge in [-0.25, -0.2) is 0 Å². The SMILES string of the molecule is COc1ccc(-c2c(C(F)(F)F)n[nH]c2C)c(OC)c1OC. The molecule has 0 radical (unpaired) electrons. The molecular weight excluding hydrogens is 301 g/mol. The molecule has 0 saturated carbocycles. The highest BCUT2D eigenvalue weighted by atomic mass is 19.4. The fourth-order valence-corrected chi connectivity index (χ4v) is 2.26. The van der Waals surface area contributed by atoms with Crippen LogP contribution < -0.4 is 14.2 Å². The van der Waals surface area contributed by atoms with Crippen molar-refractivity contribution < 1.29 is 27.4 Å². The highest BCUT2D eigenvalue weighted by Gasteiger charge is 2.39. The quantitative estimate of drug-likeness (QED) is 0.939. The summed E-state index contributed by atoms with van der Waals surface area (Å²) in [4.78, 5) is 0. The summed E-state index contributed by atoms with van der Waals surface area (Å²) in [5.41, 5.74) is -0.586. The standard InChI is InChI=1S/C14H15F3N2O3/c1-7-10(13(19-18-7)14(15,16)17)8-5-6-9(20-2)12(22-4)11(8)21-3/h5-6H,1-4H3,(H,18,19). The Kier molecular flexibility index (Phi) is 4.20. The first kappa shape index (κ1) is 16.0. The van der Waals surface area contributed by atoms with E-state index >= 15 is 0 Å². The van der Waals surface area contributed by atoms with Crippen LogP contribution in [0.2, 0.25) is 0 Å². The number of alkyl halides is 3. The molecule has 120 valence electrons. The summed E-state index contributed by atoms with van der Waals surface area (Å²) in [7, 11) is 4.17. The van der Waals surface area contributed by atoms with E-state index in [9.17, 15) is 13.2 Å². The van der Waals surface area contributed by atoms with Crippen LogP contribution >= 0.6 is 0 Å². The number of benzene rings is 1. The third-order valence-corrected chi connectivity index (χ3v) is 3.19. The average molecular weight is 316 g/mol. The number of aromatic amines is 1. The number of hydrogen-bond donors (Lipinski definition) is 1. The van der Waals surface area contributed by atoms with Gasteiger partial charge in [-0.05, 0) is 19.1 Å². The number of ether oxygens (including phenoxy) is 3. The summed E-state index contributed by atoms with van der Waals surface area (Å²) in [5, 5.41) is 5.72. The van der Waals surface area contributed by atoms with E-state index in [2.05, 4.69) is 10.2 Å². The molecule has 2 aromatic rings. The average Bonchev–Trinajstić information content (AvgIpc) is 2.87. The largest absolute Gasteiger partial charge is 0.493 e. The van der Waals surface area contributed by atoms with Gasteiger partial charge in [0.05, 0.1) is 21.3 Å². The summed E-state index contributed by atoms with van der Waals surface area (Å²) in [6.07, 6.45) is -4.59. The number of halogens is 3. The minimum atomic E-state index is -4.59. The van der Waals surface area contributed by atoms with E-state index in [0.29, 0.717) is 5.75 Å². The number of nitrogens with one attached hydrogen (secondary N) is 1. The maximum Gasteiger partial charge on any atom is 0.435 e. The maximum absolute atomic E-state index is 13.1. The Morgan fingerprint density at radius 2 is 1.64 bits per heavy atom. The van der Waals surface area contributed by atoms with E-state index in [4.69, 9.17) is 14.2 Å². The van der Waals surface area contributed by atoms with E-state index < -0.39 is 11.9 Å². The molecule has 22 heavy (non-hydrogen) atoms. The molecule has 1 aromatic heterocycles. The molecule has 0 amide bonds. The van der Waals surface area contributed by atoms with Crippen LogP contribution in [0.1, 0.15) is 11.4 Å². The van der Waals surface area contributed by atoms with Crippen molar-refractivity contribution >= 4 is 0 Å². The van der Waals surface area contributed by atoms with Gasteiger partial charge in [0.25, 0.3) is 0 Å². The lowest BCUT2D eigenvalue weighted by Crippen LogP contribution is -2.08. The maximum atomic E-state index is 13.1. The van der Waals surface area contributed by atoms with Crippen molar-refractivity contribution in [2.75, 3.05) is 21.3 Å². The summed E-state index contributed by atoms with van der Waals surface area (Å²) >= 11 is 0. The highest BCUT2D eigenvalue weighted by Crippen LogP contribution is 2.47. The Bertz CT molecular complexity index is 681. The third kappa shape index (κ3) is 2.56. The Morgan fingerprint density at radius 1 is 1.00 bits per heavy atom. The first-order valence-corrected chi connectivity index (χ1v) is 6.26. The molecule has 1 aromatic carbocycles. The third-order valence-electron chi connectivity index (χ3n) is 3.19. The van der Waals surface area contributed by atoms with E-state index in [1.165, 1.54) is 40.4 Å². The minimum absolute atomic E-state index is 0.0784. The molecule has 1 heterocycles. The zero-order valence-corrected chi connectivity index (χ0v) is 12.5. The molecule has 0 aliphatic carbocycles. The van der Waals surface area contributed by atoms with Gasteiger partial charge in [-0.3, -0.25) is 5.10 Å². The summed E-state index contributed by atoms with van der Waals surface area (Å²) in [6.45, 7) is 1.51. The number of aromatic nitrogens is 2. The second-order valence-corrected chi connectivity index (χ2v) is 4.45. The molecule has 8 heteroatoms. The predicted octanol–water partition coefficient (Wildman–Crippen LogP) is 3.43. The van der Waals surface area contributed by atoms with Crippen molar-refractivity contribution in [3.05, 3.63) is 23.5 Å². The fourth-order valence-electron chi connectivity index (χ4n) is 2.26. The smallest absolute Gasteiger partial charge is 0.435 e. The van der Waals surface area contributed by atoms with Crippen molar-refractivity contribution in [1.29, 1.82) is 0 Å². The number of nitrogens with zero attached hydrogens (tertiary/aromatic N) is 1. The van der Waals surface area contributed by atoms with Crippen molar-refractivity contribution in [1.82, 2.24) is 10.2 Å². The summed E-state index contributed by atoms with van der Waals surface area (Å²) in [6, 6.07) is 3.00. The van der Waals surface area contributed by atoms with Gasteiger partial charge in [0, 0.05) is 16.8 Å². The molecule has 0 bridgehead atoms. The normalized spacial score (nSPS) is 11.4. The molecule has 0 aliphatic heterocycles. The van der Waals surface area contributed by atoms with Crippen molar-refractivity contribution in [2.45, 2.75) is 13.1 Å². The lowest BCUT2D eigenvalue weighted by molar-refractivity contribution is -0.140. The first-order valence-electron chi connectivity index (χ1n) is 6.26. The van der Waals surface area contributed by atoms with Gasteiger partial charge in [-0.15, -0.1) is 0 Å². The van der Waals surface area contributed by atoms with Gasteiger partial charge in [0.1, 0.15) is 0 Å². The van der Waals surface area contributed by atoms with Crippen molar-refractivity contribution in [3.8, 4) is 28.4 Å². The molecule has 0 aliphatic rings. The van der Waals surface area contributed by atoms with Crippen LogP contribution in [-0.2, 0) is 6.18 Å². The highest BCUT2D eigenvalue weighted by molar-refractivity contribution is 5.79. The fraction of sp³-hybridized carbons (Fsp3) is 0.357. The Labute approximate surface area is 125 Å². The van der Waals surface area contributed by atoms with E-state index in [1.807, 2.05) is 0 Å². The Hall–Kier alpha value is -2.38. The summed E-state index contributed by atoms with van der Waals surface area (Å²) in [5.74, 6) is 0.728. The number of methoxy groups -OCH3 is 3. The van der Waals surface area contributed by atoms with Gasteiger partial charge in [-0.2, -0.15) is 18.3 Å². The number of rotatable bonds is 4. The van der Waals surface area contributed by atoms with Crippen LogP contribution in [0, 0.1) is 6.92 Å². The van der Waals surface area contributed by atoms with Crippen molar-refractivity contribution in [3.63, 3.8) is 0 Å². The van der Waals surface area contributed by atoms with Gasteiger partial charge in [0.2, 0.25) is 5.75 Å². The molecule has 0 unspecified atom stereocenters. The second kappa shape index (κ2) is 5.78. The Morgan fingerprint density at radius 3 is 2.14 bits per heavy atom. The molecular formula is C14H15F3N2O3. The molecule has 2 rings (SSSR count). The minimum Gasteiger partial charge on any atom is -0.493 e. The molecule has 1 N–H and O–H groups in total. The zero-order valence-electron chi connectivity index (χ0n) is 12.5. The van der Waals surface area contributed by atoms with Crippen LogP contribution in [0.25, 0.3) is 11.1 Å². The summed E-state index contributed by atoms with van der Waals surface area (Å²) < 4.78 is 55.0. The second-order valence-electron chi connectivity index (χ2n) is 4.45. The molecule has 5 nitrogen and oxygen atoms in total. The predicted molar refractivity (Wildman–Crippen MR) is 73.4 cm³/mol. The number of H-pyrrole nitrogens is 1. The topological polar surface area (TPSA) is 56.4 Å². The van der Waals surface area contributed by atoms with Gasteiger partial charge in [-0.1, -0.05) is 0 Å². The first-order chi connectivity index (χ1) is 10.3. The monoisotopic (exact) mass is 316 g/mol. The molecule has 0 atom stereocenters. The lowest BCUT2D eigenvalue weighted by Gasteiger charge is -2.16. The van der Waals surface area contributed by atoms with E-state index in [1.54, 1.807) is 0 Å². The van der Waals surface area contributed by atoms with Crippen LogP contribution in [-0.4, -0.2) is 31.5 Å². The van der Waals surface area contributed by atoms with Crippen LogP contribution in [0.4, 0.5) is 13.2 Å². The van der Waals surface area contributed by atoms with Crippen LogP contribution in [0.15, 0.2) is 12.1 Å². The number of hydrogen-bond acceptors (Lipinski definition) is 4. The van der Waals surface area contributed by atoms with Crippen LogP contribution in [0.5, 0.6) is 17.2 Å². The van der Waals surface area contributed by atoms with E-state index in [-0.39, 0.29) is 28.3 Å². The Balaban J connectivity index is 2.76. The number of aryl methyl sites for hydroxylation is 1. The van der Waals surface area contributed by atoms with Gasteiger partial charge >= 0.3 is 6.18 Å². The van der Waals surface area contributed by atoms with Gasteiger partial charge in [0.15, 0.2) is 17.2 Å².